The summed E-state index contributed by atoms with van der Waals surface area (Å²) in [6.07, 6.45) is 0. The van der Waals surface area contributed by atoms with E-state index in [2.05, 4.69) is 21.2 Å². The summed E-state index contributed by atoms with van der Waals surface area (Å²) in [5, 5.41) is 2.80. The van der Waals surface area contributed by atoms with Crippen molar-refractivity contribution >= 4 is 27.5 Å². The first-order valence-corrected chi connectivity index (χ1v) is 7.26. The number of halogens is 1. The van der Waals surface area contributed by atoms with Crippen LogP contribution in [0.25, 0.3) is 0 Å². The molecule has 1 amide bonds. The van der Waals surface area contributed by atoms with E-state index in [0.717, 1.165) is 17.2 Å². The van der Waals surface area contributed by atoms with Gasteiger partial charge in [-0.1, -0.05) is 33.6 Å². The molecule has 0 saturated carbocycles. The van der Waals surface area contributed by atoms with Crippen molar-refractivity contribution in [2.24, 2.45) is 0 Å². The maximum absolute atomic E-state index is 11.5. The predicted molar refractivity (Wildman–Crippen MR) is 84.7 cm³/mol. The lowest BCUT2D eigenvalue weighted by atomic mass is 10.2. The zero-order valence-electron chi connectivity index (χ0n) is 11.4. The van der Waals surface area contributed by atoms with Gasteiger partial charge in [0.25, 0.3) is 0 Å². The Balaban J connectivity index is 2.01. The third kappa shape index (κ3) is 4.10. The van der Waals surface area contributed by atoms with E-state index in [1.165, 1.54) is 5.56 Å². The van der Waals surface area contributed by atoms with Crippen LogP contribution in [-0.4, -0.2) is 10.7 Å². The number of rotatable bonds is 4. The molecule has 0 spiro atoms. The first-order valence-electron chi connectivity index (χ1n) is 6.34. The van der Waals surface area contributed by atoms with Gasteiger partial charge in [-0.25, -0.2) is 0 Å². The van der Waals surface area contributed by atoms with E-state index in [9.17, 15) is 4.79 Å². The zero-order valence-corrected chi connectivity index (χ0v) is 13.0. The number of carbonyl (C=O) groups is 1. The third-order valence-electron chi connectivity index (χ3n) is 2.74. The molecule has 104 valence electrons. The van der Waals surface area contributed by atoms with Crippen molar-refractivity contribution in [3.05, 3.63) is 54.1 Å². The number of ether oxygens (including phenoxy) is 1. The highest BCUT2D eigenvalue weighted by Crippen LogP contribution is 2.23. The monoisotopic (exact) mass is 333 g/mol. The van der Waals surface area contributed by atoms with Crippen LogP contribution < -0.4 is 10.1 Å². The Morgan fingerprint density at radius 3 is 2.05 bits per heavy atom. The maximum atomic E-state index is 11.5. The molecular weight excluding hydrogens is 318 g/mol. The number of amides is 1. The van der Waals surface area contributed by atoms with Crippen LogP contribution in [0, 0.1) is 6.92 Å². The quantitative estimate of drug-likeness (QED) is 0.836. The van der Waals surface area contributed by atoms with Gasteiger partial charge < -0.3 is 10.1 Å². The second-order valence-corrected chi connectivity index (χ2v) is 5.92. The van der Waals surface area contributed by atoms with Gasteiger partial charge in [-0.2, -0.15) is 0 Å². The smallest absolute Gasteiger partial charge is 0.237 e. The van der Waals surface area contributed by atoms with Crippen LogP contribution >= 0.6 is 15.9 Å². The van der Waals surface area contributed by atoms with Gasteiger partial charge in [-0.3, -0.25) is 4.79 Å². The molecule has 2 aromatic carbocycles. The highest BCUT2D eigenvalue weighted by atomic mass is 79.9. The first kappa shape index (κ1) is 14.6. The molecule has 20 heavy (non-hydrogen) atoms. The van der Waals surface area contributed by atoms with E-state index < -0.39 is 0 Å². The molecule has 1 N–H and O–H groups in total. The highest BCUT2D eigenvalue weighted by Gasteiger charge is 2.08. The molecular formula is C16H16BrNO2. The van der Waals surface area contributed by atoms with Gasteiger partial charge in [0.2, 0.25) is 5.91 Å². The van der Waals surface area contributed by atoms with E-state index in [-0.39, 0.29) is 10.7 Å². The fraction of sp³-hybridized carbons (Fsp3) is 0.188. The second kappa shape index (κ2) is 6.57. The number of hydrogen-bond acceptors (Lipinski definition) is 2. The Morgan fingerprint density at radius 2 is 1.55 bits per heavy atom. The highest BCUT2D eigenvalue weighted by molar-refractivity contribution is 9.10. The number of benzene rings is 2. The molecule has 0 saturated heterocycles. The number of alkyl halides is 1. The van der Waals surface area contributed by atoms with Gasteiger partial charge in [0.1, 0.15) is 11.5 Å². The molecule has 0 aromatic heterocycles. The topological polar surface area (TPSA) is 38.3 Å². The number of aryl methyl sites for hydroxylation is 1. The lowest BCUT2D eigenvalue weighted by Crippen LogP contribution is -2.19. The molecule has 4 heteroatoms. The summed E-state index contributed by atoms with van der Waals surface area (Å²) in [4.78, 5) is 11.3. The van der Waals surface area contributed by atoms with Crippen LogP contribution in [0.2, 0.25) is 0 Å². The van der Waals surface area contributed by atoms with Crippen LogP contribution in [0.15, 0.2) is 48.5 Å². The Labute approximate surface area is 127 Å². The minimum Gasteiger partial charge on any atom is -0.457 e. The fourth-order valence-electron chi connectivity index (χ4n) is 1.59. The van der Waals surface area contributed by atoms with Gasteiger partial charge in [0.15, 0.2) is 0 Å². The molecule has 0 heterocycles. The number of carbonyl (C=O) groups excluding carboxylic acids is 1. The first-order chi connectivity index (χ1) is 9.54. The summed E-state index contributed by atoms with van der Waals surface area (Å²) in [6, 6.07) is 15.1. The molecule has 0 fully saturated rings. The third-order valence-corrected chi connectivity index (χ3v) is 3.16. The molecule has 0 aliphatic heterocycles. The molecule has 3 nitrogen and oxygen atoms in total. The minimum atomic E-state index is -0.217. The Bertz CT molecular complexity index is 576. The Hall–Kier alpha value is -1.81. The number of nitrogens with one attached hydrogen (secondary N) is 1. The van der Waals surface area contributed by atoms with Crippen molar-refractivity contribution < 1.29 is 9.53 Å². The van der Waals surface area contributed by atoms with Gasteiger partial charge in [-0.15, -0.1) is 0 Å². The van der Waals surface area contributed by atoms with Crippen LogP contribution in [0.1, 0.15) is 12.5 Å². The van der Waals surface area contributed by atoms with Gasteiger partial charge >= 0.3 is 0 Å². The molecule has 0 aliphatic rings. The van der Waals surface area contributed by atoms with Crippen LogP contribution in [0.3, 0.4) is 0 Å². The standard InChI is InChI=1S/C16H16BrNO2/c1-11-3-7-14(8-4-11)20-15-9-5-13(6-10-15)18-16(19)12(2)17/h3-10,12H,1-2H3,(H,18,19). The molecule has 1 atom stereocenters. The van der Waals surface area contributed by atoms with Crippen molar-refractivity contribution in [1.29, 1.82) is 0 Å². The molecule has 0 aliphatic carbocycles. The van der Waals surface area contributed by atoms with E-state index in [1.807, 2.05) is 55.5 Å². The van der Waals surface area contributed by atoms with Gasteiger partial charge in [-0.05, 0) is 50.2 Å². The van der Waals surface area contributed by atoms with Crippen molar-refractivity contribution in [2.75, 3.05) is 5.32 Å². The average molecular weight is 334 g/mol. The minimum absolute atomic E-state index is 0.0720. The summed E-state index contributed by atoms with van der Waals surface area (Å²) in [7, 11) is 0. The van der Waals surface area contributed by atoms with Crippen LogP contribution in [0.4, 0.5) is 5.69 Å². The fourth-order valence-corrected chi connectivity index (χ4v) is 1.70. The number of anilines is 1. The van der Waals surface area contributed by atoms with E-state index in [0.29, 0.717) is 0 Å². The normalized spacial score (nSPS) is 11.8. The zero-order chi connectivity index (χ0) is 14.5. The van der Waals surface area contributed by atoms with Crippen molar-refractivity contribution in [2.45, 2.75) is 18.7 Å². The van der Waals surface area contributed by atoms with Crippen LogP contribution in [0.5, 0.6) is 11.5 Å². The van der Waals surface area contributed by atoms with Crippen molar-refractivity contribution in [3.63, 3.8) is 0 Å². The van der Waals surface area contributed by atoms with Crippen molar-refractivity contribution in [1.82, 2.24) is 0 Å². The SMILES string of the molecule is Cc1ccc(Oc2ccc(NC(=O)C(C)Br)cc2)cc1. The second-order valence-electron chi connectivity index (χ2n) is 4.54. The molecule has 2 rings (SSSR count). The largest absolute Gasteiger partial charge is 0.457 e. The van der Waals surface area contributed by atoms with Crippen LogP contribution in [-0.2, 0) is 4.79 Å². The van der Waals surface area contributed by atoms with E-state index in [1.54, 1.807) is 6.92 Å². The Kier molecular flexibility index (Phi) is 4.79. The molecule has 0 radical (unpaired) electrons. The number of hydrogen-bond donors (Lipinski definition) is 1. The van der Waals surface area contributed by atoms with Crippen molar-refractivity contribution in [3.8, 4) is 11.5 Å². The Morgan fingerprint density at radius 1 is 1.05 bits per heavy atom. The lowest BCUT2D eigenvalue weighted by molar-refractivity contribution is -0.115. The summed E-state index contributed by atoms with van der Waals surface area (Å²) in [6.45, 7) is 3.82. The average Bonchev–Trinajstić information content (AvgIpc) is 2.43. The summed E-state index contributed by atoms with van der Waals surface area (Å²) in [5.41, 5.74) is 1.94. The summed E-state index contributed by atoms with van der Waals surface area (Å²) < 4.78 is 5.72. The molecule has 0 bridgehead atoms. The van der Waals surface area contributed by atoms with E-state index >= 15 is 0 Å². The lowest BCUT2D eigenvalue weighted by Gasteiger charge is -2.09. The van der Waals surface area contributed by atoms with Gasteiger partial charge in [0, 0.05) is 5.69 Å². The van der Waals surface area contributed by atoms with Gasteiger partial charge in [0.05, 0.1) is 4.83 Å². The summed E-state index contributed by atoms with van der Waals surface area (Å²) >= 11 is 3.23. The maximum Gasteiger partial charge on any atom is 0.237 e. The molecule has 2 aromatic rings. The molecule has 1 unspecified atom stereocenters. The van der Waals surface area contributed by atoms with E-state index in [4.69, 9.17) is 4.74 Å². The predicted octanol–water partition coefficient (Wildman–Crippen LogP) is 4.51. The summed E-state index contributed by atoms with van der Waals surface area (Å²) in [5.74, 6) is 1.46.